The van der Waals surface area contributed by atoms with Gasteiger partial charge in [0.05, 0.1) is 0 Å². The lowest BCUT2D eigenvalue weighted by Gasteiger charge is -2.30. The molecule has 0 saturated heterocycles. The van der Waals surface area contributed by atoms with E-state index in [9.17, 15) is 4.79 Å². The molecule has 1 aliphatic carbocycles. The molecule has 1 amide bonds. The lowest BCUT2D eigenvalue weighted by Crippen LogP contribution is -2.38. The summed E-state index contributed by atoms with van der Waals surface area (Å²) in [6, 6.07) is 0. The summed E-state index contributed by atoms with van der Waals surface area (Å²) in [5, 5.41) is 0. The van der Waals surface area contributed by atoms with Crippen LogP contribution in [0.1, 0.15) is 32.6 Å². The molecule has 1 saturated carbocycles. The lowest BCUT2D eigenvalue weighted by atomic mass is 9.96. The topological polar surface area (TPSA) is 29.5 Å². The number of carbonyl (C=O) groups is 1. The van der Waals surface area contributed by atoms with E-state index in [-0.39, 0.29) is 12.2 Å². The number of ether oxygens (including phenoxy) is 1. The van der Waals surface area contributed by atoms with E-state index in [1.165, 1.54) is 12.0 Å². The second-order valence-electron chi connectivity index (χ2n) is 4.18. The molecule has 2 aliphatic rings. The minimum absolute atomic E-state index is 0.126. The average Bonchev–Trinajstić information content (AvgIpc) is 2.12. The first-order chi connectivity index (χ1) is 6.75. The maximum absolute atomic E-state index is 11.6. The summed E-state index contributed by atoms with van der Waals surface area (Å²) in [5.41, 5.74) is 1.37. The Balaban J connectivity index is 1.80. The van der Waals surface area contributed by atoms with Crippen molar-refractivity contribution in [2.45, 2.75) is 38.7 Å². The largest absolute Gasteiger partial charge is 0.446 e. The molecule has 1 heterocycles. The van der Waals surface area contributed by atoms with Gasteiger partial charge in [-0.25, -0.2) is 4.79 Å². The van der Waals surface area contributed by atoms with Crippen molar-refractivity contribution in [3.8, 4) is 0 Å². The Morgan fingerprint density at radius 2 is 2.36 bits per heavy atom. The highest BCUT2D eigenvalue weighted by Crippen LogP contribution is 2.23. The molecular weight excluding hydrogens is 178 g/mol. The van der Waals surface area contributed by atoms with Crippen molar-refractivity contribution < 1.29 is 9.53 Å². The minimum Gasteiger partial charge on any atom is -0.446 e. The first kappa shape index (κ1) is 9.56. The third-order valence-corrected chi connectivity index (χ3v) is 3.01. The Morgan fingerprint density at radius 3 is 2.86 bits per heavy atom. The zero-order valence-electron chi connectivity index (χ0n) is 8.66. The monoisotopic (exact) mass is 195 g/mol. The molecule has 1 fully saturated rings. The van der Waals surface area contributed by atoms with E-state index >= 15 is 0 Å². The third-order valence-electron chi connectivity index (χ3n) is 3.01. The van der Waals surface area contributed by atoms with Crippen molar-refractivity contribution in [3.05, 3.63) is 11.6 Å². The molecule has 0 atom stereocenters. The second kappa shape index (κ2) is 4.03. The van der Waals surface area contributed by atoms with Crippen molar-refractivity contribution in [1.82, 2.24) is 4.90 Å². The molecule has 3 nitrogen and oxygen atoms in total. The molecule has 2 rings (SSSR count). The normalized spacial score (nSPS) is 22.6. The Morgan fingerprint density at radius 1 is 1.57 bits per heavy atom. The van der Waals surface area contributed by atoms with E-state index in [4.69, 9.17) is 4.74 Å². The van der Waals surface area contributed by atoms with Crippen molar-refractivity contribution >= 4 is 6.09 Å². The maximum Gasteiger partial charge on any atom is 0.410 e. The maximum atomic E-state index is 11.6. The van der Waals surface area contributed by atoms with Crippen molar-refractivity contribution in [2.24, 2.45) is 0 Å². The van der Waals surface area contributed by atoms with E-state index in [0.29, 0.717) is 0 Å². The van der Waals surface area contributed by atoms with Crippen LogP contribution < -0.4 is 0 Å². The zero-order valence-corrected chi connectivity index (χ0v) is 8.66. The van der Waals surface area contributed by atoms with Crippen LogP contribution in [0.5, 0.6) is 0 Å². The van der Waals surface area contributed by atoms with E-state index in [1.54, 1.807) is 4.90 Å². The summed E-state index contributed by atoms with van der Waals surface area (Å²) < 4.78 is 5.32. The summed E-state index contributed by atoms with van der Waals surface area (Å²) in [6.07, 6.45) is 6.47. The highest BCUT2D eigenvalue weighted by Gasteiger charge is 2.25. The Kier molecular flexibility index (Phi) is 2.75. The van der Waals surface area contributed by atoms with Crippen LogP contribution in [0.3, 0.4) is 0 Å². The smallest absolute Gasteiger partial charge is 0.410 e. The molecule has 0 aromatic rings. The summed E-state index contributed by atoms with van der Waals surface area (Å²) in [7, 11) is 0. The van der Waals surface area contributed by atoms with Gasteiger partial charge in [0.15, 0.2) is 0 Å². The molecule has 0 aromatic carbocycles. The lowest BCUT2D eigenvalue weighted by molar-refractivity contribution is 0.0284. The van der Waals surface area contributed by atoms with Crippen molar-refractivity contribution in [2.75, 3.05) is 13.1 Å². The average molecular weight is 195 g/mol. The molecule has 0 unspecified atom stereocenters. The second-order valence-corrected chi connectivity index (χ2v) is 4.18. The number of rotatable bonds is 1. The summed E-state index contributed by atoms with van der Waals surface area (Å²) >= 11 is 0. The third kappa shape index (κ3) is 2.08. The number of nitrogens with zero attached hydrogens (tertiary/aromatic N) is 1. The first-order valence-corrected chi connectivity index (χ1v) is 5.37. The van der Waals surface area contributed by atoms with Crippen molar-refractivity contribution in [1.29, 1.82) is 0 Å². The Bertz CT molecular complexity index is 256. The van der Waals surface area contributed by atoms with Crippen LogP contribution in [0.4, 0.5) is 4.79 Å². The number of hydrogen-bond donors (Lipinski definition) is 0. The number of hydrogen-bond acceptors (Lipinski definition) is 2. The van der Waals surface area contributed by atoms with Crippen LogP contribution in [-0.2, 0) is 4.74 Å². The quantitative estimate of drug-likeness (QED) is 0.601. The summed E-state index contributed by atoms with van der Waals surface area (Å²) in [4.78, 5) is 13.4. The van der Waals surface area contributed by atoms with Crippen LogP contribution in [0.25, 0.3) is 0 Å². The Hall–Kier alpha value is -0.990. The van der Waals surface area contributed by atoms with Crippen LogP contribution in [-0.4, -0.2) is 30.2 Å². The molecule has 0 spiro atoms. The summed E-state index contributed by atoms with van der Waals surface area (Å²) in [6.45, 7) is 3.64. The van der Waals surface area contributed by atoms with Gasteiger partial charge in [-0.3, -0.25) is 0 Å². The fourth-order valence-electron chi connectivity index (χ4n) is 1.64. The zero-order chi connectivity index (χ0) is 9.97. The summed E-state index contributed by atoms with van der Waals surface area (Å²) in [5.74, 6) is 0. The van der Waals surface area contributed by atoms with E-state index in [0.717, 1.165) is 32.4 Å². The molecule has 0 N–H and O–H groups in total. The molecule has 14 heavy (non-hydrogen) atoms. The molecule has 0 bridgehead atoms. The van der Waals surface area contributed by atoms with Gasteiger partial charge in [-0.05, 0) is 32.6 Å². The minimum atomic E-state index is -0.126. The molecule has 1 aliphatic heterocycles. The highest BCUT2D eigenvalue weighted by atomic mass is 16.6. The van der Waals surface area contributed by atoms with Crippen LogP contribution in [0.15, 0.2) is 11.6 Å². The van der Waals surface area contributed by atoms with Gasteiger partial charge in [-0.2, -0.15) is 0 Å². The van der Waals surface area contributed by atoms with Gasteiger partial charge in [0.2, 0.25) is 0 Å². The van der Waals surface area contributed by atoms with E-state index < -0.39 is 0 Å². The van der Waals surface area contributed by atoms with Gasteiger partial charge in [0.25, 0.3) is 0 Å². The van der Waals surface area contributed by atoms with Gasteiger partial charge >= 0.3 is 6.09 Å². The molecule has 78 valence electrons. The highest BCUT2D eigenvalue weighted by molar-refractivity contribution is 5.68. The van der Waals surface area contributed by atoms with Gasteiger partial charge in [-0.15, -0.1) is 0 Å². The van der Waals surface area contributed by atoms with E-state index in [2.05, 4.69) is 13.0 Å². The van der Waals surface area contributed by atoms with Gasteiger partial charge in [0.1, 0.15) is 6.10 Å². The standard InChI is InChI=1S/C11H17NO2/c1-9-5-7-12(8-6-9)11(13)14-10-3-2-4-10/h5,10H,2-4,6-8H2,1H3. The molecule has 0 aromatic heterocycles. The molecule has 0 radical (unpaired) electrons. The molecular formula is C11H17NO2. The van der Waals surface area contributed by atoms with Crippen molar-refractivity contribution in [3.63, 3.8) is 0 Å². The number of amides is 1. The Labute approximate surface area is 84.7 Å². The fraction of sp³-hybridized carbons (Fsp3) is 0.727. The van der Waals surface area contributed by atoms with Crippen LogP contribution in [0, 0.1) is 0 Å². The predicted molar refractivity (Wildman–Crippen MR) is 54.1 cm³/mol. The van der Waals surface area contributed by atoms with Crippen LogP contribution >= 0.6 is 0 Å². The molecule has 3 heteroatoms. The number of carbonyl (C=O) groups excluding carboxylic acids is 1. The van der Waals surface area contributed by atoms with Gasteiger partial charge in [-0.1, -0.05) is 11.6 Å². The van der Waals surface area contributed by atoms with E-state index in [1.807, 2.05) is 0 Å². The SMILES string of the molecule is CC1=CCN(C(=O)OC2CCC2)CC1. The van der Waals surface area contributed by atoms with Gasteiger partial charge in [0, 0.05) is 13.1 Å². The fourth-order valence-corrected chi connectivity index (χ4v) is 1.64. The first-order valence-electron chi connectivity index (χ1n) is 5.37. The van der Waals surface area contributed by atoms with Crippen LogP contribution in [0.2, 0.25) is 0 Å². The predicted octanol–water partition coefficient (Wildman–Crippen LogP) is 2.33. The van der Waals surface area contributed by atoms with Gasteiger partial charge < -0.3 is 9.64 Å².